The van der Waals surface area contributed by atoms with Crippen molar-refractivity contribution in [1.82, 2.24) is 10.6 Å². The van der Waals surface area contributed by atoms with Crippen LogP contribution in [0.1, 0.15) is 28.8 Å². The quantitative estimate of drug-likeness (QED) is 0.723. The second-order valence-corrected chi connectivity index (χ2v) is 4.84. The van der Waals surface area contributed by atoms with Crippen molar-refractivity contribution in [2.24, 2.45) is 0 Å². The molecule has 102 valence electrons. The van der Waals surface area contributed by atoms with Gasteiger partial charge in [-0.05, 0) is 38.4 Å². The van der Waals surface area contributed by atoms with E-state index in [0.717, 1.165) is 31.5 Å². The van der Waals surface area contributed by atoms with E-state index in [1.54, 1.807) is 18.2 Å². The van der Waals surface area contributed by atoms with Gasteiger partial charge >= 0.3 is 0 Å². The lowest BCUT2D eigenvalue weighted by molar-refractivity contribution is 0.0951. The SMILES string of the molecule is Cc1ccc(O)c(C(=O)NCCC2=CCNCC2)c1. The lowest BCUT2D eigenvalue weighted by Crippen LogP contribution is -2.26. The summed E-state index contributed by atoms with van der Waals surface area (Å²) in [6, 6.07) is 5.04. The average molecular weight is 260 g/mol. The number of hydrogen-bond donors (Lipinski definition) is 3. The maximum Gasteiger partial charge on any atom is 0.255 e. The van der Waals surface area contributed by atoms with Crippen LogP contribution in [0.5, 0.6) is 5.75 Å². The number of phenolic OH excluding ortho intramolecular Hbond substituents is 1. The number of nitrogens with one attached hydrogen (secondary N) is 2. The van der Waals surface area contributed by atoms with Crippen LogP contribution in [0.15, 0.2) is 29.8 Å². The summed E-state index contributed by atoms with van der Waals surface area (Å²) in [4.78, 5) is 12.0. The van der Waals surface area contributed by atoms with Gasteiger partial charge in [-0.1, -0.05) is 23.3 Å². The molecule has 0 bridgehead atoms. The number of amides is 1. The van der Waals surface area contributed by atoms with Gasteiger partial charge < -0.3 is 15.7 Å². The molecule has 0 fully saturated rings. The smallest absolute Gasteiger partial charge is 0.255 e. The van der Waals surface area contributed by atoms with Gasteiger partial charge in [0.2, 0.25) is 0 Å². The summed E-state index contributed by atoms with van der Waals surface area (Å²) in [6.07, 6.45) is 4.10. The maximum absolute atomic E-state index is 12.0. The molecule has 0 saturated carbocycles. The first-order valence-electron chi connectivity index (χ1n) is 6.63. The summed E-state index contributed by atoms with van der Waals surface area (Å²) in [5, 5.41) is 15.8. The van der Waals surface area contributed by atoms with Crippen molar-refractivity contribution in [3.8, 4) is 5.75 Å². The van der Waals surface area contributed by atoms with E-state index < -0.39 is 0 Å². The number of hydrogen-bond acceptors (Lipinski definition) is 3. The van der Waals surface area contributed by atoms with Gasteiger partial charge in [-0.25, -0.2) is 0 Å². The topological polar surface area (TPSA) is 61.4 Å². The normalized spacial score (nSPS) is 14.9. The van der Waals surface area contributed by atoms with E-state index in [1.165, 1.54) is 5.57 Å². The van der Waals surface area contributed by atoms with Crippen molar-refractivity contribution in [3.63, 3.8) is 0 Å². The zero-order valence-electron chi connectivity index (χ0n) is 11.2. The molecule has 4 heteroatoms. The molecule has 1 amide bonds. The predicted octanol–water partition coefficient (Wildman–Crippen LogP) is 1.74. The van der Waals surface area contributed by atoms with Crippen LogP contribution in [-0.4, -0.2) is 30.6 Å². The monoisotopic (exact) mass is 260 g/mol. The van der Waals surface area contributed by atoms with Gasteiger partial charge in [-0.3, -0.25) is 4.79 Å². The van der Waals surface area contributed by atoms with E-state index in [0.29, 0.717) is 12.1 Å². The molecule has 0 unspecified atom stereocenters. The first-order chi connectivity index (χ1) is 9.16. The fourth-order valence-electron chi connectivity index (χ4n) is 2.16. The third kappa shape index (κ3) is 3.83. The maximum atomic E-state index is 12.0. The molecule has 19 heavy (non-hydrogen) atoms. The molecule has 1 aliphatic heterocycles. The van der Waals surface area contributed by atoms with Crippen LogP contribution in [0.25, 0.3) is 0 Å². The molecule has 0 aliphatic carbocycles. The largest absolute Gasteiger partial charge is 0.507 e. The van der Waals surface area contributed by atoms with Gasteiger partial charge in [0.05, 0.1) is 5.56 Å². The third-order valence-corrected chi connectivity index (χ3v) is 3.29. The second kappa shape index (κ2) is 6.38. The Morgan fingerprint density at radius 1 is 1.47 bits per heavy atom. The van der Waals surface area contributed by atoms with Crippen LogP contribution in [-0.2, 0) is 0 Å². The number of carbonyl (C=O) groups is 1. The highest BCUT2D eigenvalue weighted by Gasteiger charge is 2.11. The molecular formula is C15H20N2O2. The van der Waals surface area contributed by atoms with E-state index >= 15 is 0 Å². The van der Waals surface area contributed by atoms with Crippen molar-refractivity contribution in [2.75, 3.05) is 19.6 Å². The number of rotatable bonds is 4. The summed E-state index contributed by atoms with van der Waals surface area (Å²) >= 11 is 0. The fourth-order valence-corrected chi connectivity index (χ4v) is 2.16. The summed E-state index contributed by atoms with van der Waals surface area (Å²) in [7, 11) is 0. The average Bonchev–Trinajstić information content (AvgIpc) is 2.42. The Labute approximate surface area is 113 Å². The van der Waals surface area contributed by atoms with Gasteiger partial charge in [0.15, 0.2) is 0 Å². The summed E-state index contributed by atoms with van der Waals surface area (Å²) in [6.45, 7) is 4.44. The first-order valence-corrected chi connectivity index (χ1v) is 6.63. The minimum Gasteiger partial charge on any atom is -0.507 e. The zero-order valence-corrected chi connectivity index (χ0v) is 11.2. The van der Waals surface area contributed by atoms with Gasteiger partial charge in [-0.2, -0.15) is 0 Å². The molecule has 1 aliphatic rings. The van der Waals surface area contributed by atoms with E-state index in [9.17, 15) is 9.90 Å². The first kappa shape index (κ1) is 13.6. The Bertz CT molecular complexity index is 495. The van der Waals surface area contributed by atoms with Crippen molar-refractivity contribution >= 4 is 5.91 Å². The van der Waals surface area contributed by atoms with Crippen LogP contribution >= 0.6 is 0 Å². The number of benzene rings is 1. The predicted molar refractivity (Wildman–Crippen MR) is 75.4 cm³/mol. The highest BCUT2D eigenvalue weighted by molar-refractivity contribution is 5.96. The molecule has 0 radical (unpaired) electrons. The molecule has 2 rings (SSSR count). The van der Waals surface area contributed by atoms with Gasteiger partial charge in [0, 0.05) is 13.1 Å². The number of phenols is 1. The Kier molecular flexibility index (Phi) is 4.58. The van der Waals surface area contributed by atoms with Gasteiger partial charge in [-0.15, -0.1) is 0 Å². The van der Waals surface area contributed by atoms with Crippen LogP contribution in [0.3, 0.4) is 0 Å². The Balaban J connectivity index is 1.87. The van der Waals surface area contributed by atoms with Gasteiger partial charge in [0.1, 0.15) is 5.75 Å². The Morgan fingerprint density at radius 3 is 3.05 bits per heavy atom. The van der Waals surface area contributed by atoms with Crippen LogP contribution < -0.4 is 10.6 Å². The summed E-state index contributed by atoms with van der Waals surface area (Å²) in [5.41, 5.74) is 2.69. The summed E-state index contributed by atoms with van der Waals surface area (Å²) in [5.74, 6) is -0.181. The molecule has 1 aromatic rings. The van der Waals surface area contributed by atoms with Crippen molar-refractivity contribution < 1.29 is 9.90 Å². The minimum atomic E-state index is -0.212. The lowest BCUT2D eigenvalue weighted by Gasteiger charge is -2.14. The minimum absolute atomic E-state index is 0.0316. The van der Waals surface area contributed by atoms with Crippen LogP contribution in [0, 0.1) is 6.92 Å². The molecule has 1 heterocycles. The van der Waals surface area contributed by atoms with E-state index in [2.05, 4.69) is 16.7 Å². The van der Waals surface area contributed by atoms with Crippen LogP contribution in [0.4, 0.5) is 0 Å². The summed E-state index contributed by atoms with van der Waals surface area (Å²) < 4.78 is 0. The Hall–Kier alpha value is -1.81. The zero-order chi connectivity index (χ0) is 13.7. The highest BCUT2D eigenvalue weighted by atomic mass is 16.3. The molecule has 4 nitrogen and oxygen atoms in total. The van der Waals surface area contributed by atoms with Crippen molar-refractivity contribution in [2.45, 2.75) is 19.8 Å². The van der Waals surface area contributed by atoms with E-state index in [4.69, 9.17) is 0 Å². The van der Waals surface area contributed by atoms with Gasteiger partial charge in [0.25, 0.3) is 5.91 Å². The molecular weight excluding hydrogens is 240 g/mol. The van der Waals surface area contributed by atoms with Crippen molar-refractivity contribution in [1.29, 1.82) is 0 Å². The molecule has 0 atom stereocenters. The standard InChI is InChI=1S/C15H20N2O2/c1-11-2-3-14(18)13(10-11)15(19)17-9-6-12-4-7-16-8-5-12/h2-4,10,16,18H,5-9H2,1H3,(H,17,19). The van der Waals surface area contributed by atoms with Crippen molar-refractivity contribution in [3.05, 3.63) is 41.0 Å². The van der Waals surface area contributed by atoms with Crippen LogP contribution in [0.2, 0.25) is 0 Å². The number of aryl methyl sites for hydroxylation is 1. The molecule has 3 N–H and O–H groups in total. The molecule has 1 aromatic carbocycles. The Morgan fingerprint density at radius 2 is 2.32 bits per heavy atom. The molecule has 0 spiro atoms. The second-order valence-electron chi connectivity index (χ2n) is 4.84. The highest BCUT2D eigenvalue weighted by Crippen LogP contribution is 2.18. The molecule has 0 saturated heterocycles. The van der Waals surface area contributed by atoms with E-state index in [-0.39, 0.29) is 11.7 Å². The molecule has 0 aromatic heterocycles. The third-order valence-electron chi connectivity index (χ3n) is 3.29. The number of carbonyl (C=O) groups excluding carboxylic acids is 1. The lowest BCUT2D eigenvalue weighted by atomic mass is 10.1. The van der Waals surface area contributed by atoms with E-state index in [1.807, 2.05) is 6.92 Å². The number of aromatic hydroxyl groups is 1. The fraction of sp³-hybridized carbons (Fsp3) is 0.400.